The maximum atomic E-state index is 13.2. The van der Waals surface area contributed by atoms with Crippen molar-refractivity contribution in [1.82, 2.24) is 0 Å². The molecular weight excluding hydrogens is 246 g/mol. The monoisotopic (exact) mass is 261 g/mol. The topological polar surface area (TPSA) is 26.0 Å². The van der Waals surface area contributed by atoms with Crippen molar-refractivity contribution in [3.05, 3.63) is 40.7 Å². The molecule has 0 bridgehead atoms. The molecule has 0 heterocycles. The van der Waals surface area contributed by atoms with E-state index < -0.39 is 17.6 Å². The van der Waals surface area contributed by atoms with E-state index in [1.165, 1.54) is 6.08 Å². The first-order valence-electron chi connectivity index (χ1n) is 5.52. The SMILES string of the molecule is CC(C)/C(=C/c1cc(F)cc(C(F)(F)F)c1)CN. The van der Waals surface area contributed by atoms with Crippen LogP contribution in [0.4, 0.5) is 17.6 Å². The Bertz CT molecular complexity index is 447. The summed E-state index contributed by atoms with van der Waals surface area (Å²) >= 11 is 0. The minimum atomic E-state index is -4.55. The summed E-state index contributed by atoms with van der Waals surface area (Å²) in [7, 11) is 0. The lowest BCUT2D eigenvalue weighted by Gasteiger charge is -2.11. The van der Waals surface area contributed by atoms with Gasteiger partial charge in [0.2, 0.25) is 0 Å². The van der Waals surface area contributed by atoms with Crippen molar-refractivity contribution in [2.24, 2.45) is 11.7 Å². The molecule has 0 aliphatic carbocycles. The predicted octanol–water partition coefficient (Wildman–Crippen LogP) is 3.84. The fourth-order valence-corrected chi connectivity index (χ4v) is 1.53. The summed E-state index contributed by atoms with van der Waals surface area (Å²) in [6.07, 6.45) is -3.05. The molecule has 100 valence electrons. The van der Waals surface area contributed by atoms with Gasteiger partial charge in [0.25, 0.3) is 0 Å². The van der Waals surface area contributed by atoms with Crippen molar-refractivity contribution in [1.29, 1.82) is 0 Å². The average Bonchev–Trinajstić information content (AvgIpc) is 2.23. The van der Waals surface area contributed by atoms with Gasteiger partial charge in [-0.15, -0.1) is 0 Å². The van der Waals surface area contributed by atoms with Crippen LogP contribution in [0.2, 0.25) is 0 Å². The Morgan fingerprint density at radius 1 is 1.28 bits per heavy atom. The Morgan fingerprint density at radius 3 is 2.33 bits per heavy atom. The van der Waals surface area contributed by atoms with Crippen molar-refractivity contribution in [2.75, 3.05) is 6.54 Å². The number of hydrogen-bond donors (Lipinski definition) is 1. The highest BCUT2D eigenvalue weighted by Gasteiger charge is 2.31. The van der Waals surface area contributed by atoms with Crippen LogP contribution in [0.15, 0.2) is 23.8 Å². The molecule has 1 aromatic carbocycles. The Balaban J connectivity index is 3.22. The summed E-state index contributed by atoms with van der Waals surface area (Å²) in [6.45, 7) is 3.99. The second-order valence-electron chi connectivity index (χ2n) is 4.35. The molecule has 1 aromatic rings. The molecule has 1 nitrogen and oxygen atoms in total. The molecule has 0 fully saturated rings. The molecule has 0 spiro atoms. The van der Waals surface area contributed by atoms with Gasteiger partial charge in [-0.1, -0.05) is 25.5 Å². The third kappa shape index (κ3) is 3.84. The van der Waals surface area contributed by atoms with Gasteiger partial charge in [0.1, 0.15) is 5.82 Å². The average molecular weight is 261 g/mol. The molecule has 0 atom stereocenters. The maximum Gasteiger partial charge on any atom is 0.416 e. The molecule has 1 rings (SSSR count). The first-order chi connectivity index (χ1) is 8.24. The number of rotatable bonds is 3. The van der Waals surface area contributed by atoms with Crippen LogP contribution in [0.25, 0.3) is 6.08 Å². The fraction of sp³-hybridized carbons (Fsp3) is 0.385. The lowest BCUT2D eigenvalue weighted by Crippen LogP contribution is -2.09. The van der Waals surface area contributed by atoms with Crippen LogP contribution in [0.5, 0.6) is 0 Å². The van der Waals surface area contributed by atoms with E-state index in [9.17, 15) is 17.6 Å². The van der Waals surface area contributed by atoms with E-state index in [1.807, 2.05) is 13.8 Å². The fourth-order valence-electron chi connectivity index (χ4n) is 1.53. The Morgan fingerprint density at radius 2 is 1.89 bits per heavy atom. The summed E-state index contributed by atoms with van der Waals surface area (Å²) in [6, 6.07) is 2.46. The van der Waals surface area contributed by atoms with E-state index in [0.717, 1.165) is 17.7 Å². The van der Waals surface area contributed by atoms with E-state index in [0.29, 0.717) is 6.07 Å². The second kappa shape index (κ2) is 5.52. The first kappa shape index (κ1) is 14.7. The standard InChI is InChI=1S/C13H15F4N/c1-8(2)10(7-18)3-9-4-11(13(15,16)17)6-12(14)5-9/h3-6,8H,7,18H2,1-2H3/b10-3+. The van der Waals surface area contributed by atoms with E-state index in [2.05, 4.69) is 0 Å². The van der Waals surface area contributed by atoms with Crippen molar-refractivity contribution in [3.8, 4) is 0 Å². The Labute approximate surface area is 103 Å². The van der Waals surface area contributed by atoms with Gasteiger partial charge < -0.3 is 5.73 Å². The van der Waals surface area contributed by atoms with Crippen LogP contribution in [0, 0.1) is 11.7 Å². The van der Waals surface area contributed by atoms with Crippen LogP contribution in [-0.2, 0) is 6.18 Å². The van der Waals surface area contributed by atoms with E-state index >= 15 is 0 Å². The molecular formula is C13H15F4N. The van der Waals surface area contributed by atoms with Gasteiger partial charge in [-0.2, -0.15) is 13.2 Å². The summed E-state index contributed by atoms with van der Waals surface area (Å²) in [5.41, 5.74) is 5.46. The highest BCUT2D eigenvalue weighted by molar-refractivity contribution is 5.55. The molecule has 0 unspecified atom stereocenters. The van der Waals surface area contributed by atoms with E-state index in [4.69, 9.17) is 5.73 Å². The molecule has 5 heteroatoms. The quantitative estimate of drug-likeness (QED) is 0.822. The van der Waals surface area contributed by atoms with Crippen molar-refractivity contribution in [3.63, 3.8) is 0 Å². The van der Waals surface area contributed by atoms with Crippen LogP contribution in [0.1, 0.15) is 25.0 Å². The lowest BCUT2D eigenvalue weighted by molar-refractivity contribution is -0.137. The number of nitrogens with two attached hydrogens (primary N) is 1. The van der Waals surface area contributed by atoms with Gasteiger partial charge in [-0.3, -0.25) is 0 Å². The molecule has 0 aliphatic rings. The number of halogens is 4. The minimum absolute atomic E-state index is 0.104. The van der Waals surface area contributed by atoms with Gasteiger partial charge in [-0.05, 0) is 29.7 Å². The second-order valence-corrected chi connectivity index (χ2v) is 4.35. The zero-order valence-corrected chi connectivity index (χ0v) is 10.2. The highest BCUT2D eigenvalue weighted by atomic mass is 19.4. The summed E-state index contributed by atoms with van der Waals surface area (Å²) in [5, 5.41) is 0. The molecule has 0 amide bonds. The van der Waals surface area contributed by atoms with E-state index in [1.54, 1.807) is 0 Å². The molecule has 0 radical (unpaired) electrons. The summed E-state index contributed by atoms with van der Waals surface area (Å²) in [4.78, 5) is 0. The van der Waals surface area contributed by atoms with Crippen LogP contribution < -0.4 is 5.73 Å². The maximum absolute atomic E-state index is 13.2. The smallest absolute Gasteiger partial charge is 0.327 e. The third-order valence-electron chi connectivity index (χ3n) is 2.58. The normalized spacial score (nSPS) is 13.2. The van der Waals surface area contributed by atoms with Crippen LogP contribution in [-0.4, -0.2) is 6.54 Å². The molecule has 0 aliphatic heterocycles. The van der Waals surface area contributed by atoms with Gasteiger partial charge in [0.05, 0.1) is 5.56 Å². The largest absolute Gasteiger partial charge is 0.416 e. The number of benzene rings is 1. The van der Waals surface area contributed by atoms with Crippen LogP contribution in [0.3, 0.4) is 0 Å². The van der Waals surface area contributed by atoms with Crippen molar-refractivity contribution >= 4 is 6.08 Å². The van der Waals surface area contributed by atoms with Crippen LogP contribution >= 0.6 is 0 Å². The Hall–Kier alpha value is -1.36. The zero-order valence-electron chi connectivity index (χ0n) is 10.2. The van der Waals surface area contributed by atoms with Crippen molar-refractivity contribution in [2.45, 2.75) is 20.0 Å². The lowest BCUT2D eigenvalue weighted by atomic mass is 9.99. The molecule has 0 saturated carbocycles. The summed E-state index contributed by atoms with van der Waals surface area (Å²) in [5.74, 6) is -0.802. The first-order valence-corrected chi connectivity index (χ1v) is 5.52. The van der Waals surface area contributed by atoms with Gasteiger partial charge in [0.15, 0.2) is 0 Å². The number of alkyl halides is 3. The highest BCUT2D eigenvalue weighted by Crippen LogP contribution is 2.31. The molecule has 0 saturated heterocycles. The summed E-state index contributed by atoms with van der Waals surface area (Å²) < 4.78 is 50.7. The van der Waals surface area contributed by atoms with Gasteiger partial charge in [0, 0.05) is 6.54 Å². The van der Waals surface area contributed by atoms with E-state index in [-0.39, 0.29) is 18.0 Å². The Kier molecular flexibility index (Phi) is 4.51. The van der Waals surface area contributed by atoms with Gasteiger partial charge >= 0.3 is 6.18 Å². The molecule has 0 aromatic heterocycles. The zero-order chi connectivity index (χ0) is 13.9. The number of hydrogen-bond acceptors (Lipinski definition) is 1. The predicted molar refractivity (Wildman–Crippen MR) is 63.3 cm³/mol. The molecule has 18 heavy (non-hydrogen) atoms. The van der Waals surface area contributed by atoms with Crippen molar-refractivity contribution < 1.29 is 17.6 Å². The van der Waals surface area contributed by atoms with Gasteiger partial charge in [-0.25, -0.2) is 4.39 Å². The third-order valence-corrected chi connectivity index (χ3v) is 2.58. The minimum Gasteiger partial charge on any atom is -0.327 e. The molecule has 2 N–H and O–H groups in total.